The highest BCUT2D eigenvalue weighted by molar-refractivity contribution is 6.25. The summed E-state index contributed by atoms with van der Waals surface area (Å²) in [6.07, 6.45) is 8.32. The Labute approximate surface area is 368 Å². The first-order valence-corrected chi connectivity index (χ1v) is 21.8. The fourth-order valence-corrected chi connectivity index (χ4v) is 10.5. The molecule has 0 atom stereocenters. The zero-order valence-electron chi connectivity index (χ0n) is 35.1. The lowest BCUT2D eigenvalue weighted by Gasteiger charge is -2.12. The Morgan fingerprint density at radius 3 is 1.73 bits per heavy atom. The molecule has 0 saturated carbocycles. The van der Waals surface area contributed by atoms with Crippen molar-refractivity contribution in [3.8, 4) is 28.3 Å². The number of fused-ring (bicyclic) bond motifs is 14. The zero-order valence-corrected chi connectivity index (χ0v) is 35.1. The Morgan fingerprint density at radius 1 is 0.438 bits per heavy atom. The van der Waals surface area contributed by atoms with E-state index in [2.05, 4.69) is 221 Å². The molecule has 9 aromatic carbocycles. The Hall–Kier alpha value is -8.54. The van der Waals surface area contributed by atoms with Crippen LogP contribution in [-0.4, -0.2) is 23.7 Å². The van der Waals surface area contributed by atoms with Crippen LogP contribution in [0.1, 0.15) is 18.2 Å². The predicted octanol–water partition coefficient (Wildman–Crippen LogP) is 15.4. The minimum atomic E-state index is 0.838. The van der Waals surface area contributed by atoms with Gasteiger partial charge >= 0.3 is 0 Å². The summed E-state index contributed by atoms with van der Waals surface area (Å²) in [4.78, 5) is 10.4. The summed E-state index contributed by atoms with van der Waals surface area (Å²) in [6.45, 7) is 6.51. The summed E-state index contributed by atoms with van der Waals surface area (Å²) < 4.78 is 7.16. The van der Waals surface area contributed by atoms with Crippen LogP contribution in [0.5, 0.6) is 0 Å². The number of para-hydroxylation sites is 3. The Kier molecular flexibility index (Phi) is 7.90. The molecule has 0 radical (unpaired) electrons. The van der Waals surface area contributed by atoms with Crippen LogP contribution in [0.25, 0.3) is 128 Å². The van der Waals surface area contributed by atoms with Gasteiger partial charge in [-0.1, -0.05) is 134 Å². The SMILES string of the molecule is C=Cc1c(/C=C\C)c2c3c4ccccc4n(-c4cccc(-c5cnc6c7ccccc7c7ccccc7c6n5)c4)c3ccc2n1-c1ccc2c(c1)c1ccccc1n2-c1ccccc1. The van der Waals surface area contributed by atoms with E-state index in [0.29, 0.717) is 0 Å². The standard InChI is InChI=1S/C59H39N5/c1-3-17-46-50(4-2)63(40-30-31-53-48(35-40)43-24-12-14-28-51(43)62(53)38-19-6-5-7-20-38)54-32-33-55-57(56(46)54)47-27-13-15-29-52(47)64(55)39-21-16-18-37(34-39)49-36-60-58-44-25-10-8-22-41(44)42-23-9-11-26-45(42)59(58)61-49/h3-36H,2H2,1H3/b17-3-. The van der Waals surface area contributed by atoms with Crippen molar-refractivity contribution in [3.05, 3.63) is 212 Å². The van der Waals surface area contributed by atoms with Crippen molar-refractivity contribution in [1.82, 2.24) is 23.7 Å². The van der Waals surface area contributed by atoms with Gasteiger partial charge in [-0.15, -0.1) is 0 Å². The lowest BCUT2D eigenvalue weighted by Crippen LogP contribution is -1.98. The number of hydrogen-bond donors (Lipinski definition) is 0. The summed E-state index contributed by atoms with van der Waals surface area (Å²) >= 11 is 0. The maximum absolute atomic E-state index is 5.35. The molecule has 4 heterocycles. The maximum Gasteiger partial charge on any atom is 0.0979 e. The molecule has 0 amide bonds. The molecule has 0 aliphatic heterocycles. The monoisotopic (exact) mass is 817 g/mol. The molecular weight excluding hydrogens is 779 g/mol. The first-order valence-electron chi connectivity index (χ1n) is 21.8. The lowest BCUT2D eigenvalue weighted by atomic mass is 9.99. The number of benzene rings is 9. The van der Waals surface area contributed by atoms with Crippen molar-refractivity contribution in [3.63, 3.8) is 0 Å². The topological polar surface area (TPSA) is 40.6 Å². The van der Waals surface area contributed by atoms with Crippen LogP contribution >= 0.6 is 0 Å². The molecule has 64 heavy (non-hydrogen) atoms. The van der Waals surface area contributed by atoms with Crippen molar-refractivity contribution in [2.24, 2.45) is 0 Å². The molecule has 5 heteroatoms. The van der Waals surface area contributed by atoms with Crippen molar-refractivity contribution in [2.45, 2.75) is 6.92 Å². The van der Waals surface area contributed by atoms with Gasteiger partial charge in [-0.2, -0.15) is 0 Å². The van der Waals surface area contributed by atoms with Crippen LogP contribution < -0.4 is 0 Å². The summed E-state index contributed by atoms with van der Waals surface area (Å²) in [7, 11) is 0. The van der Waals surface area contributed by atoms with Gasteiger partial charge < -0.3 is 13.7 Å². The molecule has 0 aliphatic carbocycles. The van der Waals surface area contributed by atoms with Crippen molar-refractivity contribution in [1.29, 1.82) is 0 Å². The van der Waals surface area contributed by atoms with Gasteiger partial charge in [0, 0.05) is 65.9 Å². The molecule has 13 rings (SSSR count). The van der Waals surface area contributed by atoms with E-state index in [-0.39, 0.29) is 0 Å². The van der Waals surface area contributed by atoms with Crippen LogP contribution in [0.2, 0.25) is 0 Å². The largest absolute Gasteiger partial charge is 0.309 e. The first-order chi connectivity index (χ1) is 31.7. The first kappa shape index (κ1) is 36.1. The van der Waals surface area contributed by atoms with Crippen LogP contribution in [0.3, 0.4) is 0 Å². The molecule has 0 unspecified atom stereocenters. The molecule has 300 valence electrons. The molecule has 0 saturated heterocycles. The van der Waals surface area contributed by atoms with Gasteiger partial charge in [-0.25, -0.2) is 4.98 Å². The number of aromatic nitrogens is 5. The molecule has 0 fully saturated rings. The minimum absolute atomic E-state index is 0.838. The van der Waals surface area contributed by atoms with E-state index in [1.807, 2.05) is 12.3 Å². The van der Waals surface area contributed by atoms with Gasteiger partial charge in [0.2, 0.25) is 0 Å². The third kappa shape index (κ3) is 5.12. The maximum atomic E-state index is 5.35. The molecule has 0 N–H and O–H groups in total. The number of hydrogen-bond acceptors (Lipinski definition) is 2. The fourth-order valence-electron chi connectivity index (χ4n) is 10.5. The Bertz CT molecular complexity index is 4070. The average molecular weight is 818 g/mol. The highest BCUT2D eigenvalue weighted by Crippen LogP contribution is 2.44. The van der Waals surface area contributed by atoms with Gasteiger partial charge in [0.15, 0.2) is 0 Å². The highest BCUT2D eigenvalue weighted by Gasteiger charge is 2.23. The highest BCUT2D eigenvalue weighted by atomic mass is 15.0. The van der Waals surface area contributed by atoms with E-state index in [1.165, 1.54) is 48.7 Å². The second-order valence-electron chi connectivity index (χ2n) is 16.5. The molecule has 0 spiro atoms. The second-order valence-corrected chi connectivity index (χ2v) is 16.5. The normalized spacial score (nSPS) is 12.1. The van der Waals surface area contributed by atoms with Crippen molar-refractivity contribution in [2.75, 3.05) is 0 Å². The zero-order chi connectivity index (χ0) is 42.5. The number of rotatable bonds is 6. The van der Waals surface area contributed by atoms with E-state index >= 15 is 0 Å². The van der Waals surface area contributed by atoms with Crippen LogP contribution in [0.4, 0.5) is 0 Å². The van der Waals surface area contributed by atoms with Gasteiger partial charge in [-0.05, 0) is 90.5 Å². The molecule has 5 nitrogen and oxygen atoms in total. The minimum Gasteiger partial charge on any atom is -0.309 e. The van der Waals surface area contributed by atoms with E-state index in [9.17, 15) is 0 Å². The van der Waals surface area contributed by atoms with E-state index in [0.717, 1.165) is 77.9 Å². The molecule has 0 aliphatic rings. The lowest BCUT2D eigenvalue weighted by molar-refractivity contribution is 1.11. The van der Waals surface area contributed by atoms with E-state index < -0.39 is 0 Å². The summed E-state index contributed by atoms with van der Waals surface area (Å²) in [5.74, 6) is 0. The molecule has 13 aromatic rings. The van der Waals surface area contributed by atoms with Gasteiger partial charge in [-0.3, -0.25) is 4.98 Å². The third-order valence-corrected chi connectivity index (χ3v) is 13.1. The third-order valence-electron chi connectivity index (χ3n) is 13.1. The Morgan fingerprint density at radius 2 is 1.00 bits per heavy atom. The second kappa shape index (κ2) is 14.0. The van der Waals surface area contributed by atoms with Crippen LogP contribution in [0, 0.1) is 0 Å². The smallest absolute Gasteiger partial charge is 0.0979 e. The molecule has 4 aromatic heterocycles. The Balaban J connectivity index is 1.03. The van der Waals surface area contributed by atoms with Crippen LogP contribution in [-0.2, 0) is 0 Å². The number of nitrogens with zero attached hydrogens (tertiary/aromatic N) is 5. The summed E-state index contributed by atoms with van der Waals surface area (Å²) in [6, 6.07) is 65.3. The van der Waals surface area contributed by atoms with E-state index in [4.69, 9.17) is 9.97 Å². The van der Waals surface area contributed by atoms with E-state index in [1.54, 1.807) is 0 Å². The average Bonchev–Trinajstić information content (AvgIpc) is 3.99. The quantitative estimate of drug-likeness (QED) is 0.157. The van der Waals surface area contributed by atoms with Crippen molar-refractivity contribution >= 4 is 99.2 Å². The molecular formula is C59H39N5. The summed E-state index contributed by atoms with van der Waals surface area (Å²) in [5.41, 5.74) is 14.9. The number of allylic oxidation sites excluding steroid dienone is 1. The van der Waals surface area contributed by atoms with Gasteiger partial charge in [0.05, 0.1) is 56.2 Å². The van der Waals surface area contributed by atoms with Crippen molar-refractivity contribution < 1.29 is 0 Å². The molecule has 0 bridgehead atoms. The summed E-state index contributed by atoms with van der Waals surface area (Å²) in [5, 5.41) is 10.6. The fraction of sp³-hybridized carbons (Fsp3) is 0.0169. The predicted molar refractivity (Wildman–Crippen MR) is 270 cm³/mol. The van der Waals surface area contributed by atoms with Gasteiger partial charge in [0.1, 0.15) is 0 Å². The van der Waals surface area contributed by atoms with Crippen LogP contribution in [0.15, 0.2) is 201 Å². The van der Waals surface area contributed by atoms with Gasteiger partial charge in [0.25, 0.3) is 0 Å².